The summed E-state index contributed by atoms with van der Waals surface area (Å²) in [6.07, 6.45) is 21.1. The molecule has 2 aromatic rings. The monoisotopic (exact) mass is 603 g/mol. The van der Waals surface area contributed by atoms with Crippen LogP contribution in [-0.2, 0) is 15.7 Å². The molecule has 2 aromatic carbocycles. The van der Waals surface area contributed by atoms with Crippen LogP contribution in [0.25, 0.3) is 11.1 Å². The van der Waals surface area contributed by atoms with Gasteiger partial charge in [-0.25, -0.2) is 0 Å². The van der Waals surface area contributed by atoms with Gasteiger partial charge in [0.15, 0.2) is 0 Å². The minimum atomic E-state index is -4.68. The molecule has 7 nitrogen and oxygen atoms in total. The Labute approximate surface area is 254 Å². The number of hydrogen-bond donors (Lipinski definition) is 4. The maximum atomic E-state index is 12.6. The zero-order valence-corrected chi connectivity index (χ0v) is 26.7. The van der Waals surface area contributed by atoms with Gasteiger partial charge in [0.2, 0.25) is 0 Å². The summed E-state index contributed by atoms with van der Waals surface area (Å²) in [5, 5.41) is 2.95. The molecule has 0 radical (unpaired) electrons. The van der Waals surface area contributed by atoms with E-state index in [1.807, 2.05) is 48.5 Å². The van der Waals surface area contributed by atoms with E-state index < -0.39 is 14.2 Å². The third kappa shape index (κ3) is 17.0. The first-order valence-corrected chi connectivity index (χ1v) is 17.5. The zero-order chi connectivity index (χ0) is 30.5. The first-order valence-electron chi connectivity index (χ1n) is 15.8. The van der Waals surface area contributed by atoms with Crippen LogP contribution < -0.4 is 10.1 Å². The topological polar surface area (TPSA) is 108 Å². The van der Waals surface area contributed by atoms with Gasteiger partial charge in [0.05, 0.1) is 7.11 Å². The van der Waals surface area contributed by atoms with Crippen LogP contribution in [0.1, 0.15) is 102 Å². The van der Waals surface area contributed by atoms with E-state index in [0.717, 1.165) is 48.1 Å². The Bertz CT molecular complexity index is 1000. The summed E-state index contributed by atoms with van der Waals surface area (Å²) in [4.78, 5) is 40.6. The summed E-state index contributed by atoms with van der Waals surface area (Å²) in [7, 11) is -3.04. The molecule has 0 spiro atoms. The van der Waals surface area contributed by atoms with Crippen molar-refractivity contribution in [2.24, 2.45) is 0 Å². The SMILES string of the molecule is CCCCCCCC/C=C\CCCCCCCC(=O)NC(CO[PH](O)(O)O)Cc1ccc(-c2ccc(OC)cc2)cc1. The number of methoxy groups -OCH3 is 1. The van der Waals surface area contributed by atoms with Crippen molar-refractivity contribution in [1.82, 2.24) is 5.32 Å². The Hall–Kier alpha value is -2.28. The van der Waals surface area contributed by atoms with Gasteiger partial charge in [-0.3, -0.25) is 0 Å². The van der Waals surface area contributed by atoms with Crippen molar-refractivity contribution in [2.75, 3.05) is 13.7 Å². The molecule has 0 aliphatic heterocycles. The molecule has 0 bridgehead atoms. The molecule has 0 heterocycles. The molecule has 1 unspecified atom stereocenters. The molecule has 1 atom stereocenters. The predicted molar refractivity (Wildman–Crippen MR) is 174 cm³/mol. The van der Waals surface area contributed by atoms with Crippen molar-refractivity contribution >= 4 is 14.1 Å². The number of amides is 1. The normalized spacial score (nSPS) is 12.9. The van der Waals surface area contributed by atoms with Gasteiger partial charge in [-0.15, -0.1) is 0 Å². The number of nitrogens with one attached hydrogen (secondary N) is 1. The van der Waals surface area contributed by atoms with Crippen LogP contribution >= 0.6 is 8.17 Å². The molecule has 236 valence electrons. The van der Waals surface area contributed by atoms with Crippen LogP contribution in [-0.4, -0.2) is 40.3 Å². The van der Waals surface area contributed by atoms with Crippen LogP contribution in [0.3, 0.4) is 0 Å². The molecule has 0 aliphatic rings. The van der Waals surface area contributed by atoms with Crippen molar-refractivity contribution in [2.45, 2.75) is 109 Å². The Morgan fingerprint density at radius 1 is 0.786 bits per heavy atom. The van der Waals surface area contributed by atoms with Crippen molar-refractivity contribution in [3.8, 4) is 16.9 Å². The van der Waals surface area contributed by atoms with Crippen LogP contribution in [0.15, 0.2) is 60.7 Å². The molecule has 0 saturated carbocycles. The average Bonchev–Trinajstić information content (AvgIpc) is 2.98. The van der Waals surface area contributed by atoms with E-state index in [0.29, 0.717) is 12.8 Å². The van der Waals surface area contributed by atoms with E-state index in [4.69, 9.17) is 9.26 Å². The third-order valence-corrected chi connectivity index (χ3v) is 7.92. The van der Waals surface area contributed by atoms with Gasteiger partial charge in [0.25, 0.3) is 0 Å². The predicted octanol–water partition coefficient (Wildman–Crippen LogP) is 7.83. The quantitative estimate of drug-likeness (QED) is 0.0586. The summed E-state index contributed by atoms with van der Waals surface area (Å²) in [6.45, 7) is 2.06. The van der Waals surface area contributed by atoms with Gasteiger partial charge in [0.1, 0.15) is 0 Å². The Balaban J connectivity index is 1.67. The molecule has 0 saturated heterocycles. The summed E-state index contributed by atoms with van der Waals surface area (Å²) < 4.78 is 10.1. The molecule has 2 rings (SSSR count). The Morgan fingerprint density at radius 3 is 1.86 bits per heavy atom. The second-order valence-electron chi connectivity index (χ2n) is 11.1. The van der Waals surface area contributed by atoms with E-state index in [9.17, 15) is 19.5 Å². The summed E-state index contributed by atoms with van der Waals surface area (Å²) >= 11 is 0. The number of carbonyl (C=O) groups is 1. The summed E-state index contributed by atoms with van der Waals surface area (Å²) in [5.41, 5.74) is 3.07. The molecule has 0 aromatic heterocycles. The maximum absolute atomic E-state index is 12.6. The first kappa shape index (κ1) is 35.9. The van der Waals surface area contributed by atoms with E-state index in [-0.39, 0.29) is 12.5 Å². The Kier molecular flexibility index (Phi) is 18.3. The van der Waals surface area contributed by atoms with Crippen LogP contribution in [0.4, 0.5) is 0 Å². The van der Waals surface area contributed by atoms with Gasteiger partial charge in [-0.1, -0.05) is 51.2 Å². The number of rotatable bonds is 23. The number of unbranched alkanes of at least 4 members (excludes halogenated alkanes) is 11. The molecule has 8 heteroatoms. The molecule has 0 aliphatic carbocycles. The number of benzene rings is 2. The van der Waals surface area contributed by atoms with E-state index >= 15 is 0 Å². The fourth-order valence-corrected chi connectivity index (χ4v) is 5.35. The van der Waals surface area contributed by atoms with Crippen molar-refractivity contribution in [1.29, 1.82) is 0 Å². The Morgan fingerprint density at radius 2 is 1.31 bits per heavy atom. The molecular formula is C34H54NO6P. The second kappa shape index (κ2) is 21.4. The number of carbonyl (C=O) groups excluding carboxylic acids is 1. The standard InChI is InChI=1S/C34H54NO6P/c1-3-4-5-6-7-8-9-10-11-12-13-14-15-16-17-18-34(36)35-32(28-41-42(37,38)39)27-29-19-21-30(22-20-29)31-23-25-33(40-2)26-24-31/h10-11,19-26,32,37-39,42H,3-9,12-18,27-28H2,1-2H3,(H,35,36)/b11-10-. The zero-order valence-electron chi connectivity index (χ0n) is 25.7. The van der Waals surface area contributed by atoms with Gasteiger partial charge >= 0.3 is 178 Å². The van der Waals surface area contributed by atoms with Crippen molar-refractivity contribution in [3.05, 3.63) is 66.2 Å². The van der Waals surface area contributed by atoms with Crippen LogP contribution in [0.5, 0.6) is 5.75 Å². The van der Waals surface area contributed by atoms with Gasteiger partial charge in [-0.05, 0) is 12.8 Å². The molecule has 1 amide bonds. The number of allylic oxidation sites excluding steroid dienone is 2. The van der Waals surface area contributed by atoms with Gasteiger partial charge < -0.3 is 4.74 Å². The number of ether oxygens (including phenoxy) is 1. The van der Waals surface area contributed by atoms with Crippen LogP contribution in [0.2, 0.25) is 0 Å². The summed E-state index contributed by atoms with van der Waals surface area (Å²) in [6, 6.07) is 15.3. The molecule has 4 N–H and O–H groups in total. The van der Waals surface area contributed by atoms with Gasteiger partial charge in [-0.2, -0.15) is 0 Å². The summed E-state index contributed by atoms with van der Waals surface area (Å²) in [5.74, 6) is 0.698. The fourth-order valence-electron chi connectivity index (χ4n) is 4.92. The van der Waals surface area contributed by atoms with Gasteiger partial charge in [0, 0.05) is 0 Å². The van der Waals surface area contributed by atoms with Crippen molar-refractivity contribution in [3.63, 3.8) is 0 Å². The van der Waals surface area contributed by atoms with Crippen LogP contribution in [0, 0.1) is 0 Å². The molecule has 0 fully saturated rings. The van der Waals surface area contributed by atoms with Crippen molar-refractivity contribution < 1.29 is 28.7 Å². The minimum absolute atomic E-state index is 0.0998. The molecular weight excluding hydrogens is 549 g/mol. The second-order valence-corrected chi connectivity index (χ2v) is 12.5. The van der Waals surface area contributed by atoms with E-state index in [1.54, 1.807) is 7.11 Å². The fraction of sp³-hybridized carbons (Fsp3) is 0.559. The number of hydrogen-bond acceptors (Lipinski definition) is 6. The average molecular weight is 604 g/mol. The third-order valence-electron chi connectivity index (χ3n) is 7.37. The van der Waals surface area contributed by atoms with E-state index in [1.165, 1.54) is 57.8 Å². The molecule has 42 heavy (non-hydrogen) atoms. The first-order chi connectivity index (χ1) is 20.3. The van der Waals surface area contributed by atoms with E-state index in [2.05, 4.69) is 24.4 Å².